The molecule has 0 saturated carbocycles. The molecule has 3 amide bonds. The van der Waals surface area contributed by atoms with Gasteiger partial charge in [-0.05, 0) is 72.4 Å². The van der Waals surface area contributed by atoms with Gasteiger partial charge in [0.15, 0.2) is 34.5 Å². The number of ether oxygens (including phenoxy) is 3. The normalized spacial score (nSPS) is 16.3. The van der Waals surface area contributed by atoms with Gasteiger partial charge in [-0.2, -0.15) is 13.2 Å². The lowest BCUT2D eigenvalue weighted by atomic mass is 10.1. The first-order chi connectivity index (χ1) is 25.8. The Balaban J connectivity index is 0.000000876. The summed E-state index contributed by atoms with van der Waals surface area (Å²) >= 11 is 6.14. The number of carboxylic acids is 1. The summed E-state index contributed by atoms with van der Waals surface area (Å²) in [5.74, 6) is -2.38. The molecule has 2 aliphatic heterocycles. The van der Waals surface area contributed by atoms with Crippen LogP contribution in [0.3, 0.4) is 0 Å². The SMILES string of the molecule is CC[n+]1c(CNC(=O)c2nc(Cl)c(C)nc2N)n(C[C@@H]2CCCO2)c2cccc(OCC(=O)NC3CCN(C(=O)OC(C)(C)C)CC3)c21.O=C([O-])C(F)(F)F. The summed E-state index contributed by atoms with van der Waals surface area (Å²) in [6, 6.07) is 5.66. The van der Waals surface area contributed by atoms with Crippen LogP contribution in [0.25, 0.3) is 11.0 Å². The van der Waals surface area contributed by atoms with Crippen LogP contribution in [0.5, 0.6) is 5.75 Å². The summed E-state index contributed by atoms with van der Waals surface area (Å²) in [6.45, 7) is 12.1. The van der Waals surface area contributed by atoms with E-state index in [0.717, 1.165) is 29.7 Å². The number of hydrogen-bond donors (Lipinski definition) is 3. The van der Waals surface area contributed by atoms with Crippen molar-refractivity contribution in [3.63, 3.8) is 0 Å². The van der Waals surface area contributed by atoms with Crippen LogP contribution in [-0.4, -0.2) is 93.5 Å². The molecule has 0 radical (unpaired) electrons. The van der Waals surface area contributed by atoms with E-state index in [1.807, 2.05) is 45.9 Å². The van der Waals surface area contributed by atoms with Gasteiger partial charge in [0.05, 0.1) is 18.3 Å². The van der Waals surface area contributed by atoms with Gasteiger partial charge in [-0.15, -0.1) is 0 Å². The van der Waals surface area contributed by atoms with Crippen molar-refractivity contribution in [1.29, 1.82) is 0 Å². The van der Waals surface area contributed by atoms with Crippen molar-refractivity contribution in [3.05, 3.63) is 40.6 Å². The molecule has 0 unspecified atom stereocenters. The Labute approximate surface area is 320 Å². The fourth-order valence-electron chi connectivity index (χ4n) is 6.13. The number of piperidine rings is 1. The number of aromatic nitrogens is 4. The molecule has 20 heteroatoms. The fraction of sp³-hybridized carbons (Fsp3) is 0.571. The molecule has 2 aromatic heterocycles. The third-order valence-electron chi connectivity index (χ3n) is 8.65. The molecule has 0 bridgehead atoms. The number of amides is 3. The number of nitrogens with one attached hydrogen (secondary N) is 2. The monoisotopic (exact) mass is 798 g/mol. The Morgan fingerprint density at radius 3 is 2.38 bits per heavy atom. The smallest absolute Gasteiger partial charge is 0.430 e. The van der Waals surface area contributed by atoms with Gasteiger partial charge in [-0.25, -0.2) is 23.9 Å². The molecule has 2 aliphatic rings. The van der Waals surface area contributed by atoms with Crippen LogP contribution in [0.2, 0.25) is 5.15 Å². The number of nitrogens with zero attached hydrogens (tertiary/aromatic N) is 5. The lowest BCUT2D eigenvalue weighted by Crippen LogP contribution is -2.48. The van der Waals surface area contributed by atoms with E-state index >= 15 is 0 Å². The van der Waals surface area contributed by atoms with Gasteiger partial charge in [-0.1, -0.05) is 17.7 Å². The number of carboxylic acid groups (broad SMARTS) is 1. The minimum absolute atomic E-state index is 0.000207. The van der Waals surface area contributed by atoms with Crippen molar-refractivity contribution in [2.45, 2.75) is 104 Å². The number of nitrogens with two attached hydrogens (primary N) is 1. The number of alkyl halides is 3. The number of aryl methyl sites for hydroxylation is 2. The van der Waals surface area contributed by atoms with E-state index in [2.05, 4.69) is 29.7 Å². The van der Waals surface area contributed by atoms with Crippen LogP contribution in [0, 0.1) is 6.92 Å². The third-order valence-corrected chi connectivity index (χ3v) is 9.01. The average molecular weight is 799 g/mol. The number of benzene rings is 1. The standard InChI is InChI=1S/C33H45ClN8O6.C2HF3O2/c1-6-41-26(17-36-31(44)27-30(35)37-20(2)29(34)39-27)42(18-22-9-8-16-46-22)23-10-7-11-24(28(23)41)47-19-25(43)38-21-12-14-40(15-13-21)32(45)48-33(3,4)5;3-2(4,5)1(6)7/h7,10-11,21-22H,6,8-9,12-19H2,1-5H3,(H3-,35,36,37,38,43,44);(H,6,7)/t22-;/m0./s1. The molecule has 1 aromatic carbocycles. The largest absolute Gasteiger partial charge is 0.542 e. The quantitative estimate of drug-likeness (QED) is 0.254. The topological polar surface area (TPSA) is 207 Å². The Hall–Kier alpha value is -4.91. The van der Waals surface area contributed by atoms with Crippen molar-refractivity contribution in [2.24, 2.45) is 0 Å². The van der Waals surface area contributed by atoms with E-state index in [1.54, 1.807) is 11.8 Å². The highest BCUT2D eigenvalue weighted by molar-refractivity contribution is 6.30. The van der Waals surface area contributed by atoms with Gasteiger partial charge in [0.2, 0.25) is 5.52 Å². The molecular weight excluding hydrogens is 753 g/mol. The van der Waals surface area contributed by atoms with E-state index in [0.29, 0.717) is 57.1 Å². The van der Waals surface area contributed by atoms with Gasteiger partial charge in [0.25, 0.3) is 17.6 Å². The van der Waals surface area contributed by atoms with Crippen molar-refractivity contribution in [2.75, 3.05) is 32.0 Å². The van der Waals surface area contributed by atoms with Crippen LogP contribution in [0.1, 0.15) is 75.4 Å². The van der Waals surface area contributed by atoms with E-state index in [4.69, 9.17) is 41.4 Å². The number of halogens is 4. The second-order valence-electron chi connectivity index (χ2n) is 13.9. The minimum atomic E-state index is -5.19. The number of aliphatic carboxylic acids is 1. The van der Waals surface area contributed by atoms with Crippen LogP contribution >= 0.6 is 11.6 Å². The predicted molar refractivity (Wildman–Crippen MR) is 190 cm³/mol. The second kappa shape index (κ2) is 18.1. The van der Waals surface area contributed by atoms with Crippen LogP contribution in [0.15, 0.2) is 18.2 Å². The maximum atomic E-state index is 13.2. The third kappa shape index (κ3) is 11.5. The summed E-state index contributed by atoms with van der Waals surface area (Å²) in [6.07, 6.45) is -2.34. The molecule has 2 saturated heterocycles. The zero-order valence-corrected chi connectivity index (χ0v) is 32.0. The molecule has 5 rings (SSSR count). The molecule has 55 heavy (non-hydrogen) atoms. The zero-order valence-electron chi connectivity index (χ0n) is 31.3. The van der Waals surface area contributed by atoms with Gasteiger partial charge in [0, 0.05) is 25.7 Å². The lowest BCUT2D eigenvalue weighted by molar-refractivity contribution is -0.676. The first-order valence-electron chi connectivity index (χ1n) is 17.7. The zero-order chi connectivity index (χ0) is 40.7. The molecule has 0 aliphatic carbocycles. The first kappa shape index (κ1) is 42.8. The van der Waals surface area contributed by atoms with Crippen molar-refractivity contribution >= 4 is 52.3 Å². The number of carbonyl (C=O) groups is 4. The summed E-state index contributed by atoms with van der Waals surface area (Å²) in [5.41, 5.74) is 7.54. The molecule has 16 nitrogen and oxygen atoms in total. The Bertz CT molecular complexity index is 1870. The molecular formula is C35H46ClF3N8O8. The van der Waals surface area contributed by atoms with Gasteiger partial charge < -0.3 is 45.4 Å². The maximum absolute atomic E-state index is 13.2. The van der Waals surface area contributed by atoms with Crippen LogP contribution in [-0.2, 0) is 38.7 Å². The molecule has 0 spiro atoms. The summed E-state index contributed by atoms with van der Waals surface area (Å²) in [7, 11) is 0. The molecule has 302 valence electrons. The number of likely N-dealkylation sites (tertiary alicyclic amines) is 1. The number of fused-ring (bicyclic) bond motifs is 1. The van der Waals surface area contributed by atoms with Gasteiger partial charge >= 0.3 is 12.3 Å². The van der Waals surface area contributed by atoms with Crippen molar-refractivity contribution < 1.29 is 56.2 Å². The van der Waals surface area contributed by atoms with Gasteiger partial charge in [0.1, 0.15) is 24.7 Å². The van der Waals surface area contributed by atoms with E-state index in [9.17, 15) is 27.6 Å². The summed E-state index contributed by atoms with van der Waals surface area (Å²) in [5, 5.41) is 14.9. The lowest BCUT2D eigenvalue weighted by Gasteiger charge is -2.33. The van der Waals surface area contributed by atoms with Crippen LogP contribution in [0.4, 0.5) is 23.8 Å². The molecule has 4 N–H and O–H groups in total. The molecule has 4 heterocycles. The fourth-order valence-corrected chi connectivity index (χ4v) is 6.26. The Morgan fingerprint density at radius 1 is 1.13 bits per heavy atom. The number of nitrogen functional groups attached to an aromatic ring is 1. The molecule has 3 aromatic rings. The molecule has 1 atom stereocenters. The Morgan fingerprint density at radius 2 is 1.80 bits per heavy atom. The van der Waals surface area contributed by atoms with Crippen molar-refractivity contribution in [3.8, 4) is 5.75 Å². The molecule has 2 fully saturated rings. The van der Waals surface area contributed by atoms with Crippen LogP contribution < -0.4 is 30.8 Å². The average Bonchev–Trinajstić information content (AvgIpc) is 3.73. The number of anilines is 1. The second-order valence-corrected chi connectivity index (χ2v) is 14.3. The number of hydrogen-bond acceptors (Lipinski definition) is 11. The minimum Gasteiger partial charge on any atom is -0.542 e. The van der Waals surface area contributed by atoms with E-state index in [1.165, 1.54) is 0 Å². The number of carbonyl (C=O) groups excluding carboxylic acids is 4. The highest BCUT2D eigenvalue weighted by Gasteiger charge is 2.32. The highest BCUT2D eigenvalue weighted by atomic mass is 35.5. The van der Waals surface area contributed by atoms with Crippen molar-refractivity contribution in [1.82, 2.24) is 30.1 Å². The van der Waals surface area contributed by atoms with Gasteiger partial charge in [-0.3, -0.25) is 9.59 Å². The summed E-state index contributed by atoms with van der Waals surface area (Å²) < 4.78 is 53.4. The highest BCUT2D eigenvalue weighted by Crippen LogP contribution is 2.27. The number of rotatable bonds is 10. The van der Waals surface area contributed by atoms with E-state index < -0.39 is 23.7 Å². The first-order valence-corrected chi connectivity index (χ1v) is 18.1. The predicted octanol–water partition coefficient (Wildman–Crippen LogP) is 2.58. The Kier molecular flexibility index (Phi) is 14.1. The van der Waals surface area contributed by atoms with E-state index in [-0.39, 0.29) is 54.0 Å². The maximum Gasteiger partial charge on any atom is 0.430 e. The number of imidazole rings is 1. The summed E-state index contributed by atoms with van der Waals surface area (Å²) in [4.78, 5) is 57.4. The number of para-hydroxylation sites is 1.